The molecule has 14 heavy (non-hydrogen) atoms. The van der Waals surface area contributed by atoms with Crippen LogP contribution in [-0.4, -0.2) is 10.1 Å². The maximum atomic E-state index is 12.9. The molecule has 1 aromatic rings. The number of nitrogens with zero attached hydrogens (tertiary/aromatic N) is 1. The first-order valence-corrected chi connectivity index (χ1v) is 4.26. The van der Waals surface area contributed by atoms with Crippen molar-refractivity contribution < 1.29 is 18.3 Å². The van der Waals surface area contributed by atoms with Crippen molar-refractivity contribution in [2.24, 2.45) is 0 Å². The fourth-order valence-electron chi connectivity index (χ4n) is 1.00. The van der Waals surface area contributed by atoms with Crippen molar-refractivity contribution >= 4 is 11.6 Å². The zero-order valence-electron chi connectivity index (χ0n) is 6.98. The second-order valence-electron chi connectivity index (χ2n) is 2.58. The summed E-state index contributed by atoms with van der Waals surface area (Å²) in [4.78, 5) is 3.05. The predicted octanol–water partition coefficient (Wildman–Crippen LogP) is 2.39. The van der Waals surface area contributed by atoms with Crippen LogP contribution >= 0.6 is 11.6 Å². The van der Waals surface area contributed by atoms with Crippen LogP contribution in [0.25, 0.3) is 0 Å². The van der Waals surface area contributed by atoms with Crippen LogP contribution in [0.15, 0.2) is 6.07 Å². The minimum atomic E-state index is -2.87. The molecule has 0 unspecified atom stereocenters. The first-order valence-electron chi connectivity index (χ1n) is 3.73. The van der Waals surface area contributed by atoms with Gasteiger partial charge in [-0.1, -0.05) is 0 Å². The molecule has 0 saturated carbocycles. The summed E-state index contributed by atoms with van der Waals surface area (Å²) in [6, 6.07) is 1.09. The standard InChI is InChI=1S/C8H7ClF3NO/c9-2-4-1-5(3-14)8(12)13-6(4)7(10)11/h1,7,14H,2-3H2. The van der Waals surface area contributed by atoms with Gasteiger partial charge < -0.3 is 5.11 Å². The first-order chi connectivity index (χ1) is 6.60. The monoisotopic (exact) mass is 225 g/mol. The highest BCUT2D eigenvalue weighted by atomic mass is 35.5. The molecule has 0 aliphatic heterocycles. The van der Waals surface area contributed by atoms with Gasteiger partial charge in [-0.25, -0.2) is 13.8 Å². The summed E-state index contributed by atoms with van der Waals surface area (Å²) in [5.41, 5.74) is -0.771. The van der Waals surface area contributed by atoms with Gasteiger partial charge in [-0.3, -0.25) is 0 Å². The number of aliphatic hydroxyl groups excluding tert-OH is 1. The zero-order chi connectivity index (χ0) is 10.7. The number of aromatic nitrogens is 1. The Balaban J connectivity index is 3.24. The van der Waals surface area contributed by atoms with E-state index in [-0.39, 0.29) is 17.0 Å². The quantitative estimate of drug-likeness (QED) is 0.633. The van der Waals surface area contributed by atoms with E-state index in [4.69, 9.17) is 16.7 Å². The number of halogens is 4. The Hall–Kier alpha value is -0.810. The van der Waals surface area contributed by atoms with E-state index in [1.165, 1.54) is 0 Å². The lowest BCUT2D eigenvalue weighted by molar-refractivity contribution is 0.143. The molecular weight excluding hydrogens is 219 g/mol. The minimum absolute atomic E-state index is 0.0344. The summed E-state index contributed by atoms with van der Waals surface area (Å²) >= 11 is 5.38. The molecular formula is C8H7ClF3NO. The van der Waals surface area contributed by atoms with Gasteiger partial charge in [-0.15, -0.1) is 11.6 Å². The van der Waals surface area contributed by atoms with Gasteiger partial charge >= 0.3 is 0 Å². The van der Waals surface area contributed by atoms with Gasteiger partial charge in [0.15, 0.2) is 0 Å². The number of hydrogen-bond donors (Lipinski definition) is 1. The minimum Gasteiger partial charge on any atom is -0.392 e. The van der Waals surface area contributed by atoms with Gasteiger partial charge in [0.2, 0.25) is 5.95 Å². The second-order valence-corrected chi connectivity index (χ2v) is 2.84. The summed E-state index contributed by atoms with van der Waals surface area (Å²) < 4.78 is 37.4. The molecule has 0 aliphatic carbocycles. The number of hydrogen-bond acceptors (Lipinski definition) is 2. The lowest BCUT2D eigenvalue weighted by Gasteiger charge is -2.07. The molecule has 0 atom stereocenters. The highest BCUT2D eigenvalue weighted by molar-refractivity contribution is 6.17. The second kappa shape index (κ2) is 4.61. The van der Waals surface area contributed by atoms with Gasteiger partial charge in [0.25, 0.3) is 6.43 Å². The van der Waals surface area contributed by atoms with Crippen LogP contribution in [0, 0.1) is 5.95 Å². The molecule has 0 bridgehead atoms. The van der Waals surface area contributed by atoms with Crippen LogP contribution < -0.4 is 0 Å². The molecule has 0 radical (unpaired) electrons. The molecule has 0 aromatic carbocycles. The van der Waals surface area contributed by atoms with Gasteiger partial charge in [0.05, 0.1) is 6.61 Å². The molecule has 0 aliphatic rings. The molecule has 1 rings (SSSR count). The van der Waals surface area contributed by atoms with E-state index in [0.29, 0.717) is 0 Å². The van der Waals surface area contributed by atoms with Crippen LogP contribution in [0.3, 0.4) is 0 Å². The topological polar surface area (TPSA) is 33.1 Å². The lowest BCUT2D eigenvalue weighted by atomic mass is 10.1. The van der Waals surface area contributed by atoms with E-state index in [2.05, 4.69) is 4.98 Å². The molecule has 1 N–H and O–H groups in total. The predicted molar refractivity (Wildman–Crippen MR) is 44.6 cm³/mol. The third-order valence-electron chi connectivity index (χ3n) is 1.68. The Labute approximate surface area is 83.3 Å². The molecule has 1 heterocycles. The zero-order valence-corrected chi connectivity index (χ0v) is 7.73. The lowest BCUT2D eigenvalue weighted by Crippen LogP contribution is -2.03. The van der Waals surface area contributed by atoms with Crippen LogP contribution in [0.1, 0.15) is 23.2 Å². The Morgan fingerprint density at radius 1 is 1.43 bits per heavy atom. The number of rotatable bonds is 3. The third-order valence-corrected chi connectivity index (χ3v) is 1.97. The Bertz CT molecular complexity index is 333. The Morgan fingerprint density at radius 2 is 2.07 bits per heavy atom. The number of aliphatic hydroxyl groups is 1. The highest BCUT2D eigenvalue weighted by Crippen LogP contribution is 2.24. The van der Waals surface area contributed by atoms with Crippen LogP contribution in [-0.2, 0) is 12.5 Å². The summed E-state index contributed by atoms with van der Waals surface area (Å²) in [5.74, 6) is -1.28. The van der Waals surface area contributed by atoms with Gasteiger partial charge in [-0.2, -0.15) is 4.39 Å². The molecule has 0 fully saturated rings. The van der Waals surface area contributed by atoms with E-state index < -0.39 is 24.7 Å². The Morgan fingerprint density at radius 3 is 2.50 bits per heavy atom. The summed E-state index contributed by atoms with van der Waals surface area (Å²) in [5, 5.41) is 8.66. The summed E-state index contributed by atoms with van der Waals surface area (Å²) in [6.45, 7) is -0.591. The van der Waals surface area contributed by atoms with Gasteiger partial charge in [-0.05, 0) is 11.6 Å². The van der Waals surface area contributed by atoms with Gasteiger partial charge in [0, 0.05) is 11.4 Å². The highest BCUT2D eigenvalue weighted by Gasteiger charge is 2.17. The fraction of sp³-hybridized carbons (Fsp3) is 0.375. The molecule has 1 aromatic heterocycles. The van der Waals surface area contributed by atoms with Crippen molar-refractivity contribution in [3.63, 3.8) is 0 Å². The van der Waals surface area contributed by atoms with Crippen molar-refractivity contribution in [2.75, 3.05) is 0 Å². The van der Waals surface area contributed by atoms with Crippen LogP contribution in [0.2, 0.25) is 0 Å². The largest absolute Gasteiger partial charge is 0.392 e. The molecule has 0 amide bonds. The van der Waals surface area contributed by atoms with E-state index in [1.54, 1.807) is 0 Å². The molecule has 0 spiro atoms. The van der Waals surface area contributed by atoms with E-state index in [1.807, 2.05) is 0 Å². The molecule has 2 nitrogen and oxygen atoms in total. The average Bonchev–Trinajstić information content (AvgIpc) is 2.17. The summed E-state index contributed by atoms with van der Waals surface area (Å²) in [7, 11) is 0. The van der Waals surface area contributed by atoms with E-state index in [9.17, 15) is 13.2 Å². The Kier molecular flexibility index (Phi) is 3.71. The summed E-state index contributed by atoms with van der Waals surface area (Å²) in [6.07, 6.45) is -2.87. The molecule has 78 valence electrons. The van der Waals surface area contributed by atoms with Crippen molar-refractivity contribution in [1.29, 1.82) is 0 Å². The normalized spacial score (nSPS) is 11.0. The van der Waals surface area contributed by atoms with E-state index in [0.717, 1.165) is 6.07 Å². The SMILES string of the molecule is OCc1cc(CCl)c(C(F)F)nc1F. The average molecular weight is 226 g/mol. The van der Waals surface area contributed by atoms with Crippen molar-refractivity contribution in [1.82, 2.24) is 4.98 Å². The molecule has 6 heteroatoms. The fourth-order valence-corrected chi connectivity index (χ4v) is 1.21. The first kappa shape index (κ1) is 11.3. The number of alkyl halides is 3. The smallest absolute Gasteiger partial charge is 0.280 e. The molecule has 0 saturated heterocycles. The van der Waals surface area contributed by atoms with Crippen LogP contribution in [0.4, 0.5) is 13.2 Å². The van der Waals surface area contributed by atoms with Crippen molar-refractivity contribution in [2.45, 2.75) is 18.9 Å². The maximum Gasteiger partial charge on any atom is 0.280 e. The van der Waals surface area contributed by atoms with Crippen LogP contribution in [0.5, 0.6) is 0 Å². The third kappa shape index (κ3) is 2.16. The van der Waals surface area contributed by atoms with Crippen molar-refractivity contribution in [3.8, 4) is 0 Å². The van der Waals surface area contributed by atoms with E-state index >= 15 is 0 Å². The maximum absolute atomic E-state index is 12.9. The van der Waals surface area contributed by atoms with Crippen molar-refractivity contribution in [3.05, 3.63) is 28.8 Å². The van der Waals surface area contributed by atoms with Gasteiger partial charge in [0.1, 0.15) is 5.69 Å². The number of pyridine rings is 1.